The normalized spacial score (nSPS) is 15.0. The summed E-state index contributed by atoms with van der Waals surface area (Å²) in [7, 11) is -0.970. The Balaban J connectivity index is 0.000000927. The van der Waals surface area contributed by atoms with Crippen LogP contribution < -0.4 is 16.4 Å². The average Bonchev–Trinajstić information content (AvgIpc) is 3.96. The van der Waals surface area contributed by atoms with Crippen molar-refractivity contribution in [1.29, 1.82) is 0 Å². The van der Waals surface area contributed by atoms with E-state index in [4.69, 9.17) is 12.2 Å². The largest absolute Gasteiger partial charge is 0.359 e. The molecular formula is C36H56FN5O4S. The van der Waals surface area contributed by atoms with Gasteiger partial charge in [0.05, 0.1) is 11.7 Å². The van der Waals surface area contributed by atoms with E-state index >= 15 is 0 Å². The molecule has 0 unspecified atom stereocenters. The van der Waals surface area contributed by atoms with Gasteiger partial charge in [-0.05, 0) is 43.7 Å². The first kappa shape index (κ1) is 41.6. The van der Waals surface area contributed by atoms with Crippen molar-refractivity contribution in [3.63, 3.8) is 0 Å². The summed E-state index contributed by atoms with van der Waals surface area (Å²) in [6, 6.07) is 11.1. The van der Waals surface area contributed by atoms with Crippen LogP contribution in [0.25, 0.3) is 0 Å². The Kier molecular flexibility index (Phi) is 21.9. The van der Waals surface area contributed by atoms with Gasteiger partial charge in [-0.15, -0.1) is 12.3 Å². The Morgan fingerprint density at radius 1 is 1.06 bits per heavy atom. The van der Waals surface area contributed by atoms with E-state index in [0.29, 0.717) is 19.4 Å². The maximum atomic E-state index is 13.3. The van der Waals surface area contributed by atoms with Crippen LogP contribution >= 0.6 is 0 Å². The van der Waals surface area contributed by atoms with Crippen molar-refractivity contribution >= 4 is 21.8 Å². The molecule has 2 aliphatic rings. The van der Waals surface area contributed by atoms with Gasteiger partial charge in [0, 0.05) is 45.2 Å². The lowest BCUT2D eigenvalue weighted by Gasteiger charge is -2.23. The second kappa shape index (κ2) is 24.7. The van der Waals surface area contributed by atoms with E-state index in [2.05, 4.69) is 35.4 Å². The van der Waals surface area contributed by atoms with Crippen LogP contribution in [0.2, 0.25) is 0 Å². The molecule has 2 saturated carbocycles. The molecule has 0 bridgehead atoms. The number of benzene rings is 1. The lowest BCUT2D eigenvalue weighted by molar-refractivity contribution is -0.126. The second-order valence-electron chi connectivity index (χ2n) is 12.2. The molecule has 0 aromatic heterocycles. The van der Waals surface area contributed by atoms with Gasteiger partial charge in [-0.25, -0.2) is 17.1 Å². The van der Waals surface area contributed by atoms with Crippen LogP contribution in [0.15, 0.2) is 42.1 Å². The van der Waals surface area contributed by atoms with Crippen LogP contribution in [0.3, 0.4) is 0 Å². The smallest absolute Gasteiger partial charge is 0.268 e. The fraction of sp³-hybridized carbons (Fsp3) is 0.611. The van der Waals surface area contributed by atoms with E-state index in [1.54, 1.807) is 24.3 Å². The number of allylic oxidation sites excluding steroid dienone is 1. The van der Waals surface area contributed by atoms with Crippen molar-refractivity contribution in [2.75, 3.05) is 46.3 Å². The molecule has 2 fully saturated rings. The highest BCUT2D eigenvalue weighted by atomic mass is 32.2. The van der Waals surface area contributed by atoms with Crippen molar-refractivity contribution in [3.05, 3.63) is 47.7 Å². The zero-order valence-electron chi connectivity index (χ0n) is 28.6. The molecule has 262 valence electrons. The first-order valence-corrected chi connectivity index (χ1v) is 18.3. The summed E-state index contributed by atoms with van der Waals surface area (Å²) in [4.78, 5) is 27.3. The zero-order chi connectivity index (χ0) is 34.9. The summed E-state index contributed by atoms with van der Waals surface area (Å²) in [6.45, 7) is 2.23. The molecule has 1 aromatic carbocycles. The number of nitrogens with one attached hydrogen (secondary N) is 2. The molecule has 47 heavy (non-hydrogen) atoms. The number of terminal acetylenes is 1. The highest BCUT2D eigenvalue weighted by molar-refractivity contribution is 7.89. The van der Waals surface area contributed by atoms with E-state index in [-0.39, 0.29) is 25.2 Å². The van der Waals surface area contributed by atoms with Gasteiger partial charge in [0.1, 0.15) is 12.5 Å². The number of unbranched alkanes of at least 4 members (excludes halogenated alkanes) is 2. The van der Waals surface area contributed by atoms with Crippen molar-refractivity contribution < 1.29 is 22.4 Å². The Morgan fingerprint density at radius 3 is 2.23 bits per heavy atom. The standard InChI is InChI=1S/C26H36FN5O4S.C7H14.C3H6/c1-4-5-6-10-16-29-26(34)24(14-11-15-28)30-25(33)23(19-22-12-8-7-9-13-22)20-37(35,36)32(3)18-17-31(2)21-27;1-7-5-3-2-4-6-7;1-2-3-1/h1,7-9,12-14,23H,5-6,10,16-21,28H2,2-3H3,(H,29,34)(H,30,33);7H,2-6H2,1H3;1-3H2/b24-14+;;/t23-;;/m1../s1. The van der Waals surface area contributed by atoms with Crippen LogP contribution in [0.1, 0.15) is 83.1 Å². The minimum absolute atomic E-state index is 0.0573. The molecule has 3 rings (SSSR count). The van der Waals surface area contributed by atoms with Crippen LogP contribution in [-0.2, 0) is 26.0 Å². The average molecular weight is 674 g/mol. The summed E-state index contributed by atoms with van der Waals surface area (Å²) in [5.41, 5.74) is 5.83. The van der Waals surface area contributed by atoms with Gasteiger partial charge in [0.15, 0.2) is 0 Å². The minimum atomic E-state index is -3.89. The number of halogens is 1. The molecule has 2 amide bonds. The quantitative estimate of drug-likeness (QED) is 0.0777. The molecule has 4 N–H and O–H groups in total. The predicted molar refractivity (Wildman–Crippen MR) is 189 cm³/mol. The number of nitrogens with zero attached hydrogens (tertiary/aromatic N) is 2. The SMILES string of the molecule is C#CCCCCNC(=O)/C(=C\C#CN)NC(=O)[C@H](Cc1ccccc1)CS(=O)(=O)N(C)CCN(C)CF.C1CC1.CC1CCCCC1. The van der Waals surface area contributed by atoms with Gasteiger partial charge in [-0.2, -0.15) is 0 Å². The second-order valence-corrected chi connectivity index (χ2v) is 14.4. The lowest BCUT2D eigenvalue weighted by atomic mass is 9.91. The van der Waals surface area contributed by atoms with Crippen molar-refractivity contribution in [1.82, 2.24) is 19.8 Å². The van der Waals surface area contributed by atoms with Crippen LogP contribution in [0, 0.1) is 36.1 Å². The van der Waals surface area contributed by atoms with Gasteiger partial charge in [-0.1, -0.05) is 88.6 Å². The molecule has 1 aromatic rings. The fourth-order valence-electron chi connectivity index (χ4n) is 4.48. The summed E-state index contributed by atoms with van der Waals surface area (Å²) in [5, 5.41) is 5.21. The number of hydrogen-bond acceptors (Lipinski definition) is 6. The van der Waals surface area contributed by atoms with Crippen LogP contribution in [0.5, 0.6) is 0 Å². The van der Waals surface area contributed by atoms with Crippen molar-refractivity contribution in [3.8, 4) is 24.3 Å². The Bertz CT molecular complexity index is 1280. The lowest BCUT2D eigenvalue weighted by Crippen LogP contribution is -2.43. The summed E-state index contributed by atoms with van der Waals surface area (Å²) in [6.07, 6.45) is 20.4. The minimum Gasteiger partial charge on any atom is -0.359 e. The maximum Gasteiger partial charge on any atom is 0.268 e. The van der Waals surface area contributed by atoms with Crippen molar-refractivity contribution in [2.24, 2.45) is 17.6 Å². The number of carbonyl (C=O) groups is 2. The number of carbonyl (C=O) groups excluding carboxylic acids is 2. The fourth-order valence-corrected chi connectivity index (χ4v) is 5.87. The monoisotopic (exact) mass is 673 g/mol. The number of sulfonamides is 1. The maximum absolute atomic E-state index is 13.3. The van der Waals surface area contributed by atoms with Crippen LogP contribution in [-0.4, -0.2) is 75.7 Å². The van der Waals surface area contributed by atoms with Crippen LogP contribution in [0.4, 0.5) is 4.39 Å². The van der Waals surface area contributed by atoms with E-state index in [9.17, 15) is 22.4 Å². The summed E-state index contributed by atoms with van der Waals surface area (Å²) in [5.74, 6) is 3.23. The topological polar surface area (TPSA) is 125 Å². The number of amides is 2. The third-order valence-corrected chi connectivity index (χ3v) is 9.62. The molecule has 0 aliphatic heterocycles. The zero-order valence-corrected chi connectivity index (χ0v) is 29.4. The number of nitrogens with two attached hydrogens (primary N) is 1. The number of alkyl halides is 1. The Morgan fingerprint density at radius 2 is 1.70 bits per heavy atom. The summed E-state index contributed by atoms with van der Waals surface area (Å²) >= 11 is 0. The summed E-state index contributed by atoms with van der Waals surface area (Å²) < 4.78 is 39.9. The highest BCUT2D eigenvalue weighted by Gasteiger charge is 2.30. The van der Waals surface area contributed by atoms with E-state index < -0.39 is 40.3 Å². The predicted octanol–water partition coefficient (Wildman–Crippen LogP) is 4.56. The number of hydrogen-bond donors (Lipinski definition) is 3. The van der Waals surface area contributed by atoms with E-state index in [0.717, 1.165) is 22.2 Å². The molecule has 2 aliphatic carbocycles. The number of rotatable bonds is 16. The molecule has 9 nitrogen and oxygen atoms in total. The Labute approximate surface area is 283 Å². The van der Waals surface area contributed by atoms with Gasteiger partial charge < -0.3 is 16.4 Å². The number of likely N-dealkylation sites (N-methyl/N-ethyl adjacent to an activating group) is 2. The van der Waals surface area contributed by atoms with Gasteiger partial charge in [-0.3, -0.25) is 14.5 Å². The highest BCUT2D eigenvalue weighted by Crippen LogP contribution is 2.22. The first-order valence-electron chi connectivity index (χ1n) is 16.7. The third-order valence-electron chi connectivity index (χ3n) is 7.67. The molecule has 1 atom stereocenters. The van der Waals surface area contributed by atoms with Gasteiger partial charge in [0.2, 0.25) is 15.9 Å². The molecule has 0 heterocycles. The molecule has 11 heteroatoms. The molecule has 0 radical (unpaired) electrons. The molecular weight excluding hydrogens is 617 g/mol. The van der Waals surface area contributed by atoms with E-state index in [1.165, 1.54) is 76.4 Å². The van der Waals surface area contributed by atoms with E-state index in [1.807, 2.05) is 6.07 Å². The molecule has 0 saturated heterocycles. The third kappa shape index (κ3) is 20.5. The van der Waals surface area contributed by atoms with Gasteiger partial charge in [0.25, 0.3) is 5.91 Å². The van der Waals surface area contributed by atoms with Gasteiger partial charge >= 0.3 is 0 Å². The molecule has 0 spiro atoms. The first-order chi connectivity index (χ1) is 22.5. The Hall–Kier alpha value is -3.38. The van der Waals surface area contributed by atoms with Crippen molar-refractivity contribution in [2.45, 2.75) is 84.0 Å².